The van der Waals surface area contributed by atoms with Crippen LogP contribution >= 0.6 is 0 Å². The van der Waals surface area contributed by atoms with Crippen molar-refractivity contribution in [2.75, 3.05) is 0 Å². The molecule has 2 aliphatic rings. The topological polar surface area (TPSA) is 64.6 Å². The van der Waals surface area contributed by atoms with Gasteiger partial charge < -0.3 is 14.8 Å². The molecule has 5 nitrogen and oxygen atoms in total. The Kier molecular flexibility index (Phi) is 3.34. The Morgan fingerprint density at radius 1 is 1.40 bits per heavy atom. The summed E-state index contributed by atoms with van der Waals surface area (Å²) < 4.78 is 10.5. The van der Waals surface area contributed by atoms with Gasteiger partial charge >= 0.3 is 12.1 Å². The maximum absolute atomic E-state index is 12.2. The van der Waals surface area contributed by atoms with Gasteiger partial charge in [0.25, 0.3) is 0 Å². The minimum absolute atomic E-state index is 0.174. The number of benzene rings is 1. The molecule has 0 aromatic heterocycles. The molecule has 2 fully saturated rings. The number of nitrogens with one attached hydrogen (secondary N) is 1. The molecule has 4 atom stereocenters. The van der Waals surface area contributed by atoms with Crippen molar-refractivity contribution in [1.82, 2.24) is 5.32 Å². The van der Waals surface area contributed by atoms with Crippen molar-refractivity contribution in [1.29, 1.82) is 0 Å². The molecule has 0 bridgehead atoms. The van der Waals surface area contributed by atoms with Crippen molar-refractivity contribution in [3.05, 3.63) is 35.9 Å². The molecule has 0 radical (unpaired) electrons. The number of hydrogen-bond donors (Lipinski definition) is 1. The smallest absolute Gasteiger partial charge is 0.407 e. The van der Waals surface area contributed by atoms with Crippen LogP contribution in [0.25, 0.3) is 0 Å². The summed E-state index contributed by atoms with van der Waals surface area (Å²) in [4.78, 5) is 23.4. The highest BCUT2D eigenvalue weighted by Crippen LogP contribution is 2.37. The summed E-state index contributed by atoms with van der Waals surface area (Å²) in [5, 5.41) is 2.71. The molecule has 1 N–H and O–H groups in total. The van der Waals surface area contributed by atoms with E-state index in [2.05, 4.69) is 5.32 Å². The van der Waals surface area contributed by atoms with E-state index >= 15 is 0 Å². The minimum Gasteiger partial charge on any atom is -0.461 e. The van der Waals surface area contributed by atoms with Crippen LogP contribution in [0.15, 0.2) is 30.3 Å². The van der Waals surface area contributed by atoms with Gasteiger partial charge in [-0.25, -0.2) is 4.79 Å². The second-order valence-corrected chi connectivity index (χ2v) is 5.45. The van der Waals surface area contributed by atoms with E-state index in [-0.39, 0.29) is 36.6 Å². The van der Waals surface area contributed by atoms with E-state index in [1.54, 1.807) is 0 Å². The van der Waals surface area contributed by atoms with E-state index in [0.717, 1.165) is 5.56 Å². The Hall–Kier alpha value is -2.04. The van der Waals surface area contributed by atoms with Gasteiger partial charge in [0.15, 0.2) is 0 Å². The largest absolute Gasteiger partial charge is 0.461 e. The summed E-state index contributed by atoms with van der Waals surface area (Å²) >= 11 is 0. The fraction of sp³-hybridized carbons (Fsp3) is 0.467. The van der Waals surface area contributed by atoms with Crippen LogP contribution in [0.4, 0.5) is 4.79 Å². The van der Waals surface area contributed by atoms with Crippen LogP contribution < -0.4 is 5.32 Å². The molecule has 1 aromatic carbocycles. The molecule has 1 aliphatic carbocycles. The van der Waals surface area contributed by atoms with Gasteiger partial charge in [-0.15, -0.1) is 0 Å². The number of carbonyl (C=O) groups is 2. The second kappa shape index (κ2) is 5.15. The van der Waals surface area contributed by atoms with Gasteiger partial charge in [0, 0.05) is 0 Å². The number of fused-ring (bicyclic) bond motifs is 1. The minimum atomic E-state index is -0.438. The van der Waals surface area contributed by atoms with E-state index in [1.807, 2.05) is 37.3 Å². The second-order valence-electron chi connectivity index (χ2n) is 5.45. The fourth-order valence-corrected chi connectivity index (χ4v) is 3.01. The van der Waals surface area contributed by atoms with Crippen LogP contribution in [0.2, 0.25) is 0 Å². The van der Waals surface area contributed by atoms with E-state index < -0.39 is 6.09 Å². The fourth-order valence-electron chi connectivity index (χ4n) is 3.01. The zero-order valence-corrected chi connectivity index (χ0v) is 11.2. The van der Waals surface area contributed by atoms with Crippen LogP contribution in [-0.4, -0.2) is 24.2 Å². The van der Waals surface area contributed by atoms with Gasteiger partial charge in [0.05, 0.1) is 12.0 Å². The quantitative estimate of drug-likeness (QED) is 0.855. The lowest BCUT2D eigenvalue weighted by molar-refractivity contribution is -0.150. The molecular weight excluding hydrogens is 258 g/mol. The molecule has 0 spiro atoms. The van der Waals surface area contributed by atoms with Crippen LogP contribution in [0, 0.1) is 11.8 Å². The predicted molar refractivity (Wildman–Crippen MR) is 70.7 cm³/mol. The maximum atomic E-state index is 12.2. The first-order chi connectivity index (χ1) is 9.65. The van der Waals surface area contributed by atoms with Crippen LogP contribution in [0.5, 0.6) is 0 Å². The summed E-state index contributed by atoms with van der Waals surface area (Å²) in [5.74, 6) is -0.405. The first-order valence-electron chi connectivity index (χ1n) is 6.83. The van der Waals surface area contributed by atoms with Crippen molar-refractivity contribution >= 4 is 12.1 Å². The number of hydrogen-bond acceptors (Lipinski definition) is 4. The molecule has 1 amide bonds. The molecule has 1 saturated carbocycles. The van der Waals surface area contributed by atoms with Crippen molar-refractivity contribution in [3.8, 4) is 0 Å². The molecule has 1 aromatic rings. The lowest BCUT2D eigenvalue weighted by Crippen LogP contribution is -2.38. The SMILES string of the molecule is C[C@H]1C[C@H](C(=O)OCc2ccccc2)[C@@H]2NC(=O)O[C@@H]21. The number of esters is 1. The van der Waals surface area contributed by atoms with Gasteiger partial charge in [-0.2, -0.15) is 0 Å². The highest BCUT2D eigenvalue weighted by atomic mass is 16.6. The average Bonchev–Trinajstić information content (AvgIpc) is 2.97. The molecule has 5 heteroatoms. The van der Waals surface area contributed by atoms with E-state index in [0.29, 0.717) is 6.42 Å². The van der Waals surface area contributed by atoms with E-state index in [1.165, 1.54) is 0 Å². The number of carbonyl (C=O) groups excluding carboxylic acids is 2. The molecule has 0 unspecified atom stereocenters. The average molecular weight is 275 g/mol. The van der Waals surface area contributed by atoms with Crippen LogP contribution in [0.1, 0.15) is 18.9 Å². The lowest BCUT2D eigenvalue weighted by Gasteiger charge is -2.15. The van der Waals surface area contributed by atoms with E-state index in [4.69, 9.17) is 9.47 Å². The molecule has 106 valence electrons. The molecule has 20 heavy (non-hydrogen) atoms. The third-order valence-corrected chi connectivity index (χ3v) is 4.03. The van der Waals surface area contributed by atoms with Crippen molar-refractivity contribution in [2.45, 2.75) is 32.1 Å². The lowest BCUT2D eigenvalue weighted by atomic mass is 10.0. The van der Waals surface area contributed by atoms with Crippen molar-refractivity contribution in [2.24, 2.45) is 11.8 Å². The summed E-state index contributed by atoms with van der Waals surface area (Å²) in [5.41, 5.74) is 0.954. The molecular formula is C15H17NO4. The summed E-state index contributed by atoms with van der Waals surface area (Å²) in [6.45, 7) is 2.25. The van der Waals surface area contributed by atoms with Crippen molar-refractivity contribution < 1.29 is 19.1 Å². The van der Waals surface area contributed by atoms with Gasteiger partial charge in [-0.1, -0.05) is 37.3 Å². The highest BCUT2D eigenvalue weighted by molar-refractivity contribution is 5.78. The Morgan fingerprint density at radius 3 is 2.90 bits per heavy atom. The molecule has 1 heterocycles. The molecule has 1 aliphatic heterocycles. The zero-order chi connectivity index (χ0) is 14.1. The van der Waals surface area contributed by atoms with Crippen molar-refractivity contribution in [3.63, 3.8) is 0 Å². The monoisotopic (exact) mass is 275 g/mol. The predicted octanol–water partition coefficient (Wildman–Crippen LogP) is 1.86. The summed E-state index contributed by atoms with van der Waals surface area (Å²) in [6.07, 6.45) is 0.0349. The first-order valence-corrected chi connectivity index (χ1v) is 6.83. The summed E-state index contributed by atoms with van der Waals surface area (Å²) in [6, 6.07) is 9.30. The Balaban J connectivity index is 1.61. The third-order valence-electron chi connectivity index (χ3n) is 4.03. The highest BCUT2D eigenvalue weighted by Gasteiger charge is 2.52. The Bertz CT molecular complexity index is 516. The number of amides is 1. The maximum Gasteiger partial charge on any atom is 0.407 e. The number of rotatable bonds is 3. The Morgan fingerprint density at radius 2 is 2.15 bits per heavy atom. The van der Waals surface area contributed by atoms with E-state index in [9.17, 15) is 9.59 Å². The van der Waals surface area contributed by atoms with Gasteiger partial charge in [0.1, 0.15) is 12.7 Å². The summed E-state index contributed by atoms with van der Waals surface area (Å²) in [7, 11) is 0. The standard InChI is InChI=1S/C15H17NO4/c1-9-7-11(12-13(9)20-15(18)16-12)14(17)19-8-10-5-3-2-4-6-10/h2-6,9,11-13H,7-8H2,1H3,(H,16,18)/t9-,11-,12-,13+/m0/s1. The van der Waals surface area contributed by atoms with Crippen LogP contribution in [0.3, 0.4) is 0 Å². The van der Waals surface area contributed by atoms with Crippen LogP contribution in [-0.2, 0) is 20.9 Å². The normalized spacial score (nSPS) is 31.4. The first kappa shape index (κ1) is 13.0. The van der Waals surface area contributed by atoms with Gasteiger partial charge in [0.2, 0.25) is 0 Å². The number of alkyl carbamates (subject to hydrolysis) is 1. The van der Waals surface area contributed by atoms with Gasteiger partial charge in [-0.05, 0) is 17.9 Å². The zero-order valence-electron chi connectivity index (χ0n) is 11.2. The molecule has 3 rings (SSSR count). The Labute approximate surface area is 117 Å². The number of ether oxygens (including phenoxy) is 2. The molecule has 1 saturated heterocycles. The van der Waals surface area contributed by atoms with Gasteiger partial charge in [-0.3, -0.25) is 4.79 Å². The third kappa shape index (κ3) is 2.35.